The molecule has 0 aromatic rings. The molecule has 0 heterocycles. The predicted molar refractivity (Wildman–Crippen MR) is 53.2 cm³/mol. The molecular weight excluding hydrogens is 198 g/mol. The summed E-state index contributed by atoms with van der Waals surface area (Å²) in [5.41, 5.74) is 0. The van der Waals surface area contributed by atoms with Gasteiger partial charge in [0.2, 0.25) is 0 Å². The second-order valence-corrected chi connectivity index (χ2v) is 10.2. The molecule has 1 unspecified atom stereocenters. The molecule has 0 saturated heterocycles. The molecule has 0 aliphatic heterocycles. The average Bonchev–Trinajstić information content (AvgIpc) is 2.05. The molecule has 0 aliphatic rings. The summed E-state index contributed by atoms with van der Waals surface area (Å²) < 4.78 is 1.08. The van der Waals surface area contributed by atoms with Gasteiger partial charge in [-0.05, 0) is 0 Å². The summed E-state index contributed by atoms with van der Waals surface area (Å²) in [7, 11) is 0. The summed E-state index contributed by atoms with van der Waals surface area (Å²) in [6.07, 6.45) is 5.77. The first-order valence-corrected chi connectivity index (χ1v) is 9.51. The van der Waals surface area contributed by atoms with Crippen LogP contribution in [0.5, 0.6) is 0 Å². The Balaban J connectivity index is 3.39. The van der Waals surface area contributed by atoms with Gasteiger partial charge in [0, 0.05) is 0 Å². The van der Waals surface area contributed by atoms with E-state index in [2.05, 4.69) is 27.7 Å². The molecule has 12 heavy (non-hydrogen) atoms. The number of hydrogen-bond acceptors (Lipinski definition) is 0. The maximum atomic E-state index is 2.41. The summed E-state index contributed by atoms with van der Waals surface area (Å²) in [5, 5.41) is 1.64. The fourth-order valence-electron chi connectivity index (χ4n) is 1.61. The molecule has 0 fully saturated rings. The quantitative estimate of drug-likeness (QED) is 0.554. The zero-order chi connectivity index (χ0) is 9.40. The van der Waals surface area contributed by atoms with E-state index in [9.17, 15) is 0 Å². The first kappa shape index (κ1) is 12.6. The maximum absolute atomic E-state index is 2.41. The van der Waals surface area contributed by atoms with Crippen molar-refractivity contribution in [1.29, 1.82) is 0 Å². The van der Waals surface area contributed by atoms with Crippen LogP contribution in [0, 0.1) is 5.92 Å². The molecule has 0 bridgehead atoms. The van der Waals surface area contributed by atoms with Gasteiger partial charge in [-0.25, -0.2) is 0 Å². The van der Waals surface area contributed by atoms with Gasteiger partial charge in [-0.2, -0.15) is 0 Å². The Labute approximate surface area is 86.1 Å². The molecule has 1 atom stereocenters. The minimum absolute atomic E-state index is 0.146. The molecule has 0 radical (unpaired) electrons. The van der Waals surface area contributed by atoms with Crippen molar-refractivity contribution in [2.24, 2.45) is 5.92 Å². The predicted octanol–water partition coefficient (Wildman–Crippen LogP) is 4.53. The van der Waals surface area contributed by atoms with Gasteiger partial charge in [-0.1, -0.05) is 0 Å². The average molecular weight is 222 g/mol. The van der Waals surface area contributed by atoms with Crippen molar-refractivity contribution in [3.8, 4) is 0 Å². The van der Waals surface area contributed by atoms with E-state index in [1.165, 1.54) is 25.7 Å². The van der Waals surface area contributed by atoms with Crippen molar-refractivity contribution >= 4 is 0 Å². The van der Waals surface area contributed by atoms with E-state index < -0.39 is 0 Å². The summed E-state index contributed by atoms with van der Waals surface area (Å²) in [6.45, 7) is 9.48. The standard InChI is InChI=1S/C8H17.C3H7.Zn/c1-4-6-7-8(3)5-2;1-3-2;/h8H,3-7H2,1-2H3;3H,1-2H3;. The van der Waals surface area contributed by atoms with Crippen molar-refractivity contribution in [3.05, 3.63) is 0 Å². The van der Waals surface area contributed by atoms with Gasteiger partial charge >= 0.3 is 86.0 Å². The zero-order valence-electron chi connectivity index (χ0n) is 9.40. The SMILES string of the molecule is CCCCC(CC)[CH2][Zn][CH](C)C. The number of hydrogen-bond donors (Lipinski definition) is 0. The number of rotatable bonds is 7. The van der Waals surface area contributed by atoms with Gasteiger partial charge in [0.25, 0.3) is 0 Å². The van der Waals surface area contributed by atoms with E-state index in [-0.39, 0.29) is 17.1 Å². The van der Waals surface area contributed by atoms with Gasteiger partial charge < -0.3 is 0 Å². The molecule has 0 N–H and O–H groups in total. The third kappa shape index (κ3) is 7.28. The van der Waals surface area contributed by atoms with Crippen LogP contribution in [0.2, 0.25) is 9.53 Å². The van der Waals surface area contributed by atoms with Crippen molar-refractivity contribution < 1.29 is 17.1 Å². The van der Waals surface area contributed by atoms with Gasteiger partial charge in [0.05, 0.1) is 0 Å². The van der Waals surface area contributed by atoms with Crippen LogP contribution in [-0.2, 0) is 17.1 Å². The van der Waals surface area contributed by atoms with Crippen LogP contribution in [-0.4, -0.2) is 0 Å². The van der Waals surface area contributed by atoms with E-state index >= 15 is 0 Å². The molecule has 0 aromatic heterocycles. The molecular formula is C11H24Zn. The second-order valence-electron chi connectivity index (χ2n) is 4.39. The molecule has 0 amide bonds. The first-order chi connectivity index (χ1) is 5.70. The van der Waals surface area contributed by atoms with E-state index in [4.69, 9.17) is 0 Å². The van der Waals surface area contributed by atoms with Crippen LogP contribution >= 0.6 is 0 Å². The minimum atomic E-state index is -0.146. The Bertz CT molecular complexity index is 89.0. The number of unbranched alkanes of at least 4 members (excludes halogenated alkanes) is 1. The van der Waals surface area contributed by atoms with E-state index in [0.29, 0.717) is 0 Å². The van der Waals surface area contributed by atoms with Crippen molar-refractivity contribution in [2.45, 2.75) is 62.9 Å². The fraction of sp³-hybridized carbons (Fsp3) is 1.00. The summed E-state index contributed by atoms with van der Waals surface area (Å²) in [4.78, 5) is 0. The Morgan fingerprint density at radius 1 is 1.17 bits per heavy atom. The Hall–Kier alpha value is 0.623. The molecule has 0 aliphatic carbocycles. The third-order valence-corrected chi connectivity index (χ3v) is 7.53. The Morgan fingerprint density at radius 3 is 2.25 bits per heavy atom. The van der Waals surface area contributed by atoms with Crippen LogP contribution < -0.4 is 0 Å². The van der Waals surface area contributed by atoms with Gasteiger partial charge in [0.15, 0.2) is 0 Å². The summed E-state index contributed by atoms with van der Waals surface area (Å²) in [6, 6.07) is 0. The molecule has 0 saturated carbocycles. The van der Waals surface area contributed by atoms with Crippen molar-refractivity contribution in [2.75, 3.05) is 0 Å². The topological polar surface area (TPSA) is 0 Å². The van der Waals surface area contributed by atoms with Crippen LogP contribution in [0.1, 0.15) is 53.4 Å². The van der Waals surface area contributed by atoms with Crippen LogP contribution in [0.15, 0.2) is 0 Å². The Kier molecular flexibility index (Phi) is 8.66. The molecule has 0 nitrogen and oxygen atoms in total. The van der Waals surface area contributed by atoms with E-state index in [1.54, 1.807) is 5.02 Å². The van der Waals surface area contributed by atoms with E-state index in [0.717, 1.165) is 10.4 Å². The zero-order valence-corrected chi connectivity index (χ0v) is 12.4. The summed E-state index contributed by atoms with van der Waals surface area (Å²) >= 11 is -0.146. The summed E-state index contributed by atoms with van der Waals surface area (Å²) in [5.74, 6) is 1.09. The fourth-order valence-corrected chi connectivity index (χ4v) is 5.46. The van der Waals surface area contributed by atoms with Gasteiger partial charge in [-0.3, -0.25) is 0 Å². The normalized spacial score (nSPS) is 13.1. The molecule has 0 spiro atoms. The van der Waals surface area contributed by atoms with Crippen LogP contribution in [0.3, 0.4) is 0 Å². The first-order valence-electron chi connectivity index (χ1n) is 5.70. The molecule has 1 heteroatoms. The molecule has 0 aromatic carbocycles. The third-order valence-electron chi connectivity index (χ3n) is 2.70. The molecule has 70 valence electrons. The molecule has 0 rings (SSSR count). The monoisotopic (exact) mass is 220 g/mol. The van der Waals surface area contributed by atoms with Gasteiger partial charge in [0.1, 0.15) is 0 Å². The van der Waals surface area contributed by atoms with Crippen LogP contribution in [0.4, 0.5) is 0 Å². The van der Waals surface area contributed by atoms with Crippen molar-refractivity contribution in [3.63, 3.8) is 0 Å². The van der Waals surface area contributed by atoms with Gasteiger partial charge in [-0.15, -0.1) is 0 Å². The Morgan fingerprint density at radius 2 is 1.83 bits per heavy atom. The second kappa shape index (κ2) is 8.23. The van der Waals surface area contributed by atoms with E-state index in [1.807, 2.05) is 0 Å². The van der Waals surface area contributed by atoms with Crippen LogP contribution in [0.25, 0.3) is 0 Å². The van der Waals surface area contributed by atoms with Crippen molar-refractivity contribution in [1.82, 2.24) is 0 Å².